The van der Waals surface area contributed by atoms with Gasteiger partial charge in [0.15, 0.2) is 0 Å². The van der Waals surface area contributed by atoms with Gasteiger partial charge >= 0.3 is 12.0 Å². The van der Waals surface area contributed by atoms with E-state index in [-0.39, 0.29) is 18.0 Å². The third-order valence-corrected chi connectivity index (χ3v) is 3.53. The standard InChI is InChI=1S/C13H24N2O3/c1-4-8(2)11(12(16)17)15-13(18)14-9(3)7-10-5-6-10/h8-11H,4-7H2,1-3H3,(H,16,17)(H2,14,15,18)/t8?,9?,11-/m0/s1. The first-order valence-corrected chi connectivity index (χ1v) is 6.73. The minimum atomic E-state index is -0.977. The normalized spacial score (nSPS) is 19.7. The Balaban J connectivity index is 2.37. The molecule has 5 nitrogen and oxygen atoms in total. The van der Waals surface area contributed by atoms with Gasteiger partial charge in [-0.3, -0.25) is 0 Å². The Morgan fingerprint density at radius 1 is 1.28 bits per heavy atom. The number of hydrogen-bond acceptors (Lipinski definition) is 2. The zero-order chi connectivity index (χ0) is 13.7. The van der Waals surface area contributed by atoms with Crippen LogP contribution < -0.4 is 10.6 Å². The van der Waals surface area contributed by atoms with Gasteiger partial charge in [-0.15, -0.1) is 0 Å². The lowest BCUT2D eigenvalue weighted by Gasteiger charge is -2.22. The van der Waals surface area contributed by atoms with E-state index in [9.17, 15) is 9.59 Å². The number of carboxylic acids is 1. The Hall–Kier alpha value is -1.26. The van der Waals surface area contributed by atoms with Gasteiger partial charge in [0.2, 0.25) is 0 Å². The number of rotatable bonds is 7. The molecule has 1 aliphatic carbocycles. The molecule has 1 fully saturated rings. The zero-order valence-corrected chi connectivity index (χ0v) is 11.4. The van der Waals surface area contributed by atoms with Crippen LogP contribution in [0.4, 0.5) is 4.79 Å². The highest BCUT2D eigenvalue weighted by Gasteiger charge is 2.27. The van der Waals surface area contributed by atoms with Crippen LogP contribution in [-0.4, -0.2) is 29.2 Å². The molecule has 1 saturated carbocycles. The second-order valence-electron chi connectivity index (χ2n) is 5.40. The minimum Gasteiger partial charge on any atom is -0.480 e. The highest BCUT2D eigenvalue weighted by Crippen LogP contribution is 2.33. The molecule has 18 heavy (non-hydrogen) atoms. The number of carbonyl (C=O) groups is 2. The first kappa shape index (κ1) is 14.8. The second-order valence-corrected chi connectivity index (χ2v) is 5.40. The number of amides is 2. The molecule has 0 bridgehead atoms. The molecule has 0 aromatic rings. The molecule has 3 N–H and O–H groups in total. The van der Waals surface area contributed by atoms with E-state index in [0.717, 1.165) is 18.8 Å². The van der Waals surface area contributed by atoms with Crippen molar-refractivity contribution in [2.24, 2.45) is 11.8 Å². The van der Waals surface area contributed by atoms with Crippen molar-refractivity contribution >= 4 is 12.0 Å². The first-order chi connectivity index (χ1) is 8.43. The van der Waals surface area contributed by atoms with Gasteiger partial charge in [-0.1, -0.05) is 33.1 Å². The third-order valence-electron chi connectivity index (χ3n) is 3.53. The molecule has 104 valence electrons. The first-order valence-electron chi connectivity index (χ1n) is 6.73. The molecule has 0 heterocycles. The van der Waals surface area contributed by atoms with Crippen molar-refractivity contribution in [2.75, 3.05) is 0 Å². The SMILES string of the molecule is CCC(C)[C@H](NC(=O)NC(C)CC1CC1)C(=O)O. The fourth-order valence-electron chi connectivity index (χ4n) is 2.00. The predicted octanol–water partition coefficient (Wildman–Crippen LogP) is 1.97. The summed E-state index contributed by atoms with van der Waals surface area (Å²) in [5.74, 6) is -0.313. The van der Waals surface area contributed by atoms with E-state index in [1.165, 1.54) is 12.8 Å². The van der Waals surface area contributed by atoms with Crippen LogP contribution in [0.5, 0.6) is 0 Å². The Bertz CT molecular complexity index is 303. The Morgan fingerprint density at radius 3 is 2.33 bits per heavy atom. The lowest BCUT2D eigenvalue weighted by Crippen LogP contribution is -2.51. The minimum absolute atomic E-state index is 0.0769. The monoisotopic (exact) mass is 256 g/mol. The maximum absolute atomic E-state index is 11.7. The highest BCUT2D eigenvalue weighted by atomic mass is 16.4. The molecule has 0 radical (unpaired) electrons. The van der Waals surface area contributed by atoms with Crippen molar-refractivity contribution in [3.63, 3.8) is 0 Å². The number of nitrogens with one attached hydrogen (secondary N) is 2. The summed E-state index contributed by atoms with van der Waals surface area (Å²) in [6.07, 6.45) is 4.19. The number of hydrogen-bond donors (Lipinski definition) is 3. The van der Waals surface area contributed by atoms with Gasteiger partial charge < -0.3 is 15.7 Å². The molecule has 0 aliphatic heterocycles. The summed E-state index contributed by atoms with van der Waals surface area (Å²) < 4.78 is 0. The molecule has 0 aromatic heterocycles. The molecule has 3 atom stereocenters. The number of carbonyl (C=O) groups excluding carboxylic acids is 1. The summed E-state index contributed by atoms with van der Waals surface area (Å²) in [4.78, 5) is 22.8. The van der Waals surface area contributed by atoms with Gasteiger partial charge in [-0.2, -0.15) is 0 Å². The van der Waals surface area contributed by atoms with Crippen LogP contribution in [0.1, 0.15) is 46.5 Å². The molecule has 2 unspecified atom stereocenters. The van der Waals surface area contributed by atoms with Crippen molar-refractivity contribution in [3.05, 3.63) is 0 Å². The van der Waals surface area contributed by atoms with E-state index in [2.05, 4.69) is 10.6 Å². The van der Waals surface area contributed by atoms with Gasteiger partial charge in [0.1, 0.15) is 6.04 Å². The molecule has 0 saturated heterocycles. The van der Waals surface area contributed by atoms with E-state index in [4.69, 9.17) is 5.11 Å². The topological polar surface area (TPSA) is 78.4 Å². The summed E-state index contributed by atoms with van der Waals surface area (Å²) in [7, 11) is 0. The van der Waals surface area contributed by atoms with Crippen LogP contribution in [0.2, 0.25) is 0 Å². The molecule has 1 aliphatic rings. The van der Waals surface area contributed by atoms with Gasteiger partial charge in [0.05, 0.1) is 0 Å². The Morgan fingerprint density at radius 2 is 1.89 bits per heavy atom. The Kier molecular flexibility index (Phi) is 5.44. The third kappa shape index (κ3) is 4.94. The molecular formula is C13H24N2O3. The van der Waals surface area contributed by atoms with Crippen LogP contribution >= 0.6 is 0 Å². The maximum Gasteiger partial charge on any atom is 0.326 e. The fourth-order valence-corrected chi connectivity index (χ4v) is 2.00. The van der Waals surface area contributed by atoms with E-state index < -0.39 is 12.0 Å². The van der Waals surface area contributed by atoms with Gasteiger partial charge in [0.25, 0.3) is 0 Å². The van der Waals surface area contributed by atoms with Crippen LogP contribution in [-0.2, 0) is 4.79 Å². The van der Waals surface area contributed by atoms with E-state index in [0.29, 0.717) is 0 Å². The van der Waals surface area contributed by atoms with E-state index in [1.807, 2.05) is 20.8 Å². The lowest BCUT2D eigenvalue weighted by atomic mass is 9.99. The van der Waals surface area contributed by atoms with Crippen molar-refractivity contribution in [2.45, 2.75) is 58.5 Å². The summed E-state index contributed by atoms with van der Waals surface area (Å²) in [5.41, 5.74) is 0. The van der Waals surface area contributed by atoms with Crippen molar-refractivity contribution in [1.82, 2.24) is 10.6 Å². The summed E-state index contributed by atoms with van der Waals surface area (Å²) in [5, 5.41) is 14.4. The highest BCUT2D eigenvalue weighted by molar-refractivity contribution is 5.82. The summed E-state index contributed by atoms with van der Waals surface area (Å²) >= 11 is 0. The second kappa shape index (κ2) is 6.61. The molecule has 0 spiro atoms. The van der Waals surface area contributed by atoms with Crippen molar-refractivity contribution in [3.8, 4) is 0 Å². The number of urea groups is 1. The fraction of sp³-hybridized carbons (Fsp3) is 0.846. The summed E-state index contributed by atoms with van der Waals surface area (Å²) in [6, 6.07) is -1.09. The van der Waals surface area contributed by atoms with Crippen LogP contribution in [0, 0.1) is 11.8 Å². The van der Waals surface area contributed by atoms with Crippen LogP contribution in [0.15, 0.2) is 0 Å². The predicted molar refractivity (Wildman–Crippen MR) is 69.3 cm³/mol. The van der Waals surface area contributed by atoms with Crippen LogP contribution in [0.3, 0.4) is 0 Å². The molecular weight excluding hydrogens is 232 g/mol. The van der Waals surface area contributed by atoms with Gasteiger partial charge in [0, 0.05) is 6.04 Å². The molecule has 5 heteroatoms. The molecule has 0 aromatic carbocycles. The number of carboxylic acid groups (broad SMARTS) is 1. The largest absolute Gasteiger partial charge is 0.480 e. The van der Waals surface area contributed by atoms with E-state index in [1.54, 1.807) is 0 Å². The zero-order valence-electron chi connectivity index (χ0n) is 11.4. The quantitative estimate of drug-likeness (QED) is 0.651. The molecule has 2 amide bonds. The van der Waals surface area contributed by atoms with Gasteiger partial charge in [-0.25, -0.2) is 9.59 Å². The molecule has 1 rings (SSSR count). The Labute approximate surface area is 108 Å². The van der Waals surface area contributed by atoms with E-state index >= 15 is 0 Å². The van der Waals surface area contributed by atoms with Crippen molar-refractivity contribution < 1.29 is 14.7 Å². The lowest BCUT2D eigenvalue weighted by molar-refractivity contribution is -0.140. The number of aliphatic carboxylic acids is 1. The van der Waals surface area contributed by atoms with Gasteiger partial charge in [-0.05, 0) is 25.2 Å². The maximum atomic E-state index is 11.7. The van der Waals surface area contributed by atoms with Crippen molar-refractivity contribution in [1.29, 1.82) is 0 Å². The van der Waals surface area contributed by atoms with Crippen LogP contribution in [0.25, 0.3) is 0 Å². The smallest absolute Gasteiger partial charge is 0.326 e. The average Bonchev–Trinajstić information content (AvgIpc) is 3.08. The average molecular weight is 256 g/mol. The summed E-state index contributed by atoms with van der Waals surface area (Å²) in [6.45, 7) is 5.69.